The van der Waals surface area contributed by atoms with Gasteiger partial charge in [0.15, 0.2) is 0 Å². The second kappa shape index (κ2) is 8.74. The second-order valence-corrected chi connectivity index (χ2v) is 4.11. The van der Waals surface area contributed by atoms with Crippen molar-refractivity contribution in [2.75, 3.05) is 40.6 Å². The number of ether oxygens (including phenoxy) is 4. The lowest BCUT2D eigenvalue weighted by Gasteiger charge is -2.17. The standard InChI is InChI=1S/C14H23NO4/c1-11(15)14-12(17-3)5-4-6-13(14)19-10-9-18-8-7-16-2/h4-6,11H,7-10,15H2,1-3H3. The minimum Gasteiger partial charge on any atom is -0.496 e. The van der Waals surface area contributed by atoms with E-state index >= 15 is 0 Å². The number of rotatable bonds is 9. The molecule has 0 radical (unpaired) electrons. The summed E-state index contributed by atoms with van der Waals surface area (Å²) in [4.78, 5) is 0. The molecular weight excluding hydrogens is 246 g/mol. The van der Waals surface area contributed by atoms with Crippen molar-refractivity contribution in [2.24, 2.45) is 5.73 Å². The normalized spacial score (nSPS) is 12.2. The largest absolute Gasteiger partial charge is 0.496 e. The molecule has 2 N–H and O–H groups in total. The Bertz CT molecular complexity index is 368. The molecule has 0 aromatic heterocycles. The van der Waals surface area contributed by atoms with Gasteiger partial charge in [-0.3, -0.25) is 0 Å². The fourth-order valence-electron chi connectivity index (χ4n) is 1.73. The summed E-state index contributed by atoms with van der Waals surface area (Å²) in [6.45, 7) is 4.04. The Labute approximate surface area is 114 Å². The first-order valence-corrected chi connectivity index (χ1v) is 6.32. The van der Waals surface area contributed by atoms with Gasteiger partial charge in [-0.15, -0.1) is 0 Å². The molecule has 0 aliphatic carbocycles. The molecule has 0 saturated carbocycles. The second-order valence-electron chi connectivity index (χ2n) is 4.11. The van der Waals surface area contributed by atoms with Gasteiger partial charge in [-0.1, -0.05) is 6.07 Å². The SMILES string of the molecule is COCCOCCOc1cccc(OC)c1C(C)N. The lowest BCUT2D eigenvalue weighted by Crippen LogP contribution is -2.13. The van der Waals surface area contributed by atoms with E-state index in [1.54, 1.807) is 14.2 Å². The third kappa shape index (κ3) is 5.06. The first-order valence-electron chi connectivity index (χ1n) is 6.32. The minimum atomic E-state index is -0.152. The molecule has 0 bridgehead atoms. The smallest absolute Gasteiger partial charge is 0.127 e. The van der Waals surface area contributed by atoms with E-state index in [0.717, 1.165) is 17.1 Å². The molecule has 1 rings (SSSR count). The van der Waals surface area contributed by atoms with Gasteiger partial charge < -0.3 is 24.7 Å². The molecule has 0 amide bonds. The maximum absolute atomic E-state index is 5.95. The summed E-state index contributed by atoms with van der Waals surface area (Å²) in [5.74, 6) is 1.48. The number of hydrogen-bond acceptors (Lipinski definition) is 5. The van der Waals surface area contributed by atoms with Gasteiger partial charge in [-0.05, 0) is 19.1 Å². The van der Waals surface area contributed by atoms with Crippen LogP contribution in [-0.4, -0.2) is 40.6 Å². The molecule has 108 valence electrons. The van der Waals surface area contributed by atoms with Crippen LogP contribution >= 0.6 is 0 Å². The van der Waals surface area contributed by atoms with Gasteiger partial charge in [0.05, 0.1) is 32.5 Å². The van der Waals surface area contributed by atoms with Crippen molar-refractivity contribution in [3.63, 3.8) is 0 Å². The fourth-order valence-corrected chi connectivity index (χ4v) is 1.73. The van der Waals surface area contributed by atoms with Crippen LogP contribution in [0.15, 0.2) is 18.2 Å². The summed E-state index contributed by atoms with van der Waals surface area (Å²) in [5, 5.41) is 0. The number of benzene rings is 1. The van der Waals surface area contributed by atoms with Crippen molar-refractivity contribution in [1.82, 2.24) is 0 Å². The van der Waals surface area contributed by atoms with Crippen molar-refractivity contribution in [2.45, 2.75) is 13.0 Å². The van der Waals surface area contributed by atoms with Crippen molar-refractivity contribution in [1.29, 1.82) is 0 Å². The van der Waals surface area contributed by atoms with E-state index in [1.165, 1.54) is 0 Å². The first kappa shape index (κ1) is 15.8. The Kier molecular flexibility index (Phi) is 7.25. The number of nitrogens with two attached hydrogens (primary N) is 1. The summed E-state index contributed by atoms with van der Waals surface area (Å²) in [5.41, 5.74) is 6.83. The van der Waals surface area contributed by atoms with Crippen LogP contribution in [0.5, 0.6) is 11.5 Å². The third-order valence-corrected chi connectivity index (χ3v) is 2.62. The molecule has 1 atom stereocenters. The Morgan fingerprint density at radius 3 is 2.37 bits per heavy atom. The summed E-state index contributed by atoms with van der Waals surface area (Å²) < 4.78 is 21.2. The Hall–Kier alpha value is -1.30. The highest BCUT2D eigenvalue weighted by Crippen LogP contribution is 2.32. The predicted molar refractivity (Wildman–Crippen MR) is 73.8 cm³/mol. The third-order valence-electron chi connectivity index (χ3n) is 2.62. The minimum absolute atomic E-state index is 0.152. The highest BCUT2D eigenvalue weighted by molar-refractivity contribution is 5.46. The molecule has 19 heavy (non-hydrogen) atoms. The van der Waals surface area contributed by atoms with Crippen molar-refractivity contribution in [3.8, 4) is 11.5 Å². The van der Waals surface area contributed by atoms with Crippen LogP contribution < -0.4 is 15.2 Å². The summed E-state index contributed by atoms with van der Waals surface area (Å²) in [6, 6.07) is 5.49. The first-order chi connectivity index (χ1) is 9.20. The van der Waals surface area contributed by atoms with E-state index < -0.39 is 0 Å². The predicted octanol–water partition coefficient (Wildman–Crippen LogP) is 1.76. The zero-order valence-corrected chi connectivity index (χ0v) is 11.8. The average Bonchev–Trinajstić information content (AvgIpc) is 2.42. The lowest BCUT2D eigenvalue weighted by atomic mass is 10.1. The fraction of sp³-hybridized carbons (Fsp3) is 0.571. The van der Waals surface area contributed by atoms with E-state index in [0.29, 0.717) is 26.4 Å². The van der Waals surface area contributed by atoms with Crippen LogP contribution in [0.4, 0.5) is 0 Å². The molecule has 0 saturated heterocycles. The van der Waals surface area contributed by atoms with E-state index in [-0.39, 0.29) is 6.04 Å². The van der Waals surface area contributed by atoms with Crippen molar-refractivity contribution >= 4 is 0 Å². The number of hydrogen-bond donors (Lipinski definition) is 1. The Morgan fingerprint density at radius 1 is 1.05 bits per heavy atom. The highest BCUT2D eigenvalue weighted by Gasteiger charge is 2.13. The van der Waals surface area contributed by atoms with Gasteiger partial charge >= 0.3 is 0 Å². The zero-order chi connectivity index (χ0) is 14.1. The van der Waals surface area contributed by atoms with Gasteiger partial charge in [0.2, 0.25) is 0 Å². The van der Waals surface area contributed by atoms with Crippen LogP contribution in [0, 0.1) is 0 Å². The van der Waals surface area contributed by atoms with Crippen LogP contribution in [0.2, 0.25) is 0 Å². The summed E-state index contributed by atoms with van der Waals surface area (Å²) in [7, 11) is 3.27. The lowest BCUT2D eigenvalue weighted by molar-refractivity contribution is 0.0542. The monoisotopic (exact) mass is 269 g/mol. The van der Waals surface area contributed by atoms with Gasteiger partial charge in [0.1, 0.15) is 18.1 Å². The Morgan fingerprint density at radius 2 is 1.74 bits per heavy atom. The van der Waals surface area contributed by atoms with E-state index in [2.05, 4.69) is 0 Å². The zero-order valence-electron chi connectivity index (χ0n) is 11.8. The van der Waals surface area contributed by atoms with Crippen LogP contribution in [0.1, 0.15) is 18.5 Å². The molecule has 1 aromatic carbocycles. The molecule has 5 nitrogen and oxygen atoms in total. The topological polar surface area (TPSA) is 62.9 Å². The van der Waals surface area contributed by atoms with Crippen molar-refractivity contribution < 1.29 is 18.9 Å². The van der Waals surface area contributed by atoms with E-state index in [9.17, 15) is 0 Å². The van der Waals surface area contributed by atoms with Gasteiger partial charge in [0, 0.05) is 13.2 Å². The maximum atomic E-state index is 5.95. The highest BCUT2D eigenvalue weighted by atomic mass is 16.5. The quantitative estimate of drug-likeness (QED) is 0.692. The van der Waals surface area contributed by atoms with E-state index in [4.69, 9.17) is 24.7 Å². The summed E-state index contributed by atoms with van der Waals surface area (Å²) in [6.07, 6.45) is 0. The molecule has 1 unspecified atom stereocenters. The number of methoxy groups -OCH3 is 2. The molecule has 0 spiro atoms. The average molecular weight is 269 g/mol. The van der Waals surface area contributed by atoms with Crippen LogP contribution in [0.25, 0.3) is 0 Å². The van der Waals surface area contributed by atoms with Gasteiger partial charge in [-0.25, -0.2) is 0 Å². The Balaban J connectivity index is 2.53. The molecule has 5 heteroatoms. The van der Waals surface area contributed by atoms with Gasteiger partial charge in [0.25, 0.3) is 0 Å². The van der Waals surface area contributed by atoms with Gasteiger partial charge in [-0.2, -0.15) is 0 Å². The molecule has 0 aliphatic heterocycles. The van der Waals surface area contributed by atoms with E-state index in [1.807, 2.05) is 25.1 Å². The van der Waals surface area contributed by atoms with Crippen LogP contribution in [0.3, 0.4) is 0 Å². The molecule has 0 aliphatic rings. The molecule has 0 fully saturated rings. The maximum Gasteiger partial charge on any atom is 0.127 e. The van der Waals surface area contributed by atoms with Crippen molar-refractivity contribution in [3.05, 3.63) is 23.8 Å². The molecule has 0 heterocycles. The van der Waals surface area contributed by atoms with Crippen LogP contribution in [-0.2, 0) is 9.47 Å². The summed E-state index contributed by atoms with van der Waals surface area (Å²) >= 11 is 0. The molecule has 1 aromatic rings. The molecular formula is C14H23NO4.